The third-order valence-electron chi connectivity index (χ3n) is 3.26. The highest BCUT2D eigenvalue weighted by molar-refractivity contribution is 5.97. The second-order valence-corrected chi connectivity index (χ2v) is 4.46. The molecule has 2 heterocycles. The number of carbonyl (C=O) groups is 1. The predicted molar refractivity (Wildman–Crippen MR) is 74.5 cm³/mol. The van der Waals surface area contributed by atoms with Crippen LogP contribution in [0.15, 0.2) is 18.2 Å². The first kappa shape index (κ1) is 13.8. The number of halogens is 1. The van der Waals surface area contributed by atoms with E-state index >= 15 is 0 Å². The molecule has 1 saturated heterocycles. The fraction of sp³-hybridized carbons (Fsp3) is 0.417. The smallest absolute Gasteiger partial charge is 0.254 e. The van der Waals surface area contributed by atoms with Crippen LogP contribution in [0.1, 0.15) is 10.4 Å². The van der Waals surface area contributed by atoms with E-state index in [1.807, 2.05) is 30.1 Å². The molecule has 2 aromatic rings. The first-order valence-corrected chi connectivity index (χ1v) is 6.05. The van der Waals surface area contributed by atoms with E-state index in [0.717, 1.165) is 37.2 Å². The Morgan fingerprint density at radius 2 is 2.05 bits per heavy atom. The number of amides is 1. The van der Waals surface area contributed by atoms with E-state index in [9.17, 15) is 4.79 Å². The number of aromatic nitrogens is 3. The van der Waals surface area contributed by atoms with Crippen molar-refractivity contribution >= 4 is 29.3 Å². The van der Waals surface area contributed by atoms with Crippen LogP contribution in [0.3, 0.4) is 0 Å². The molecule has 0 radical (unpaired) electrons. The van der Waals surface area contributed by atoms with Crippen LogP contribution < -0.4 is 5.32 Å². The molecule has 102 valence electrons. The van der Waals surface area contributed by atoms with Crippen LogP contribution in [0.5, 0.6) is 0 Å². The lowest BCUT2D eigenvalue weighted by Crippen LogP contribution is -2.46. The Labute approximate surface area is 117 Å². The SMILES string of the molecule is Cl.Cn1nnc2cc(C(=O)N3CCNCC3)ccc21. The largest absolute Gasteiger partial charge is 0.336 e. The third-order valence-corrected chi connectivity index (χ3v) is 3.26. The maximum Gasteiger partial charge on any atom is 0.254 e. The van der Waals surface area contributed by atoms with E-state index < -0.39 is 0 Å². The van der Waals surface area contributed by atoms with Gasteiger partial charge in [-0.2, -0.15) is 0 Å². The van der Waals surface area contributed by atoms with E-state index in [4.69, 9.17) is 0 Å². The van der Waals surface area contributed by atoms with Crippen LogP contribution in [0.2, 0.25) is 0 Å². The number of fused-ring (bicyclic) bond motifs is 1. The van der Waals surface area contributed by atoms with Crippen LogP contribution in [-0.4, -0.2) is 52.0 Å². The Morgan fingerprint density at radius 3 is 2.79 bits per heavy atom. The molecule has 7 heteroatoms. The first-order chi connectivity index (χ1) is 8.75. The molecule has 1 aromatic heterocycles. The van der Waals surface area contributed by atoms with Crippen LogP contribution >= 0.6 is 12.4 Å². The summed E-state index contributed by atoms with van der Waals surface area (Å²) in [6.07, 6.45) is 0. The zero-order chi connectivity index (χ0) is 12.5. The number of nitrogens with zero attached hydrogens (tertiary/aromatic N) is 4. The van der Waals surface area contributed by atoms with Crippen LogP contribution in [0.25, 0.3) is 11.0 Å². The van der Waals surface area contributed by atoms with Crippen molar-refractivity contribution < 1.29 is 4.79 Å². The molecular weight excluding hydrogens is 266 g/mol. The van der Waals surface area contributed by atoms with Crippen LogP contribution in [-0.2, 0) is 7.05 Å². The van der Waals surface area contributed by atoms with E-state index in [2.05, 4.69) is 15.6 Å². The summed E-state index contributed by atoms with van der Waals surface area (Å²) < 4.78 is 1.70. The van der Waals surface area contributed by atoms with Crippen molar-refractivity contribution in [3.8, 4) is 0 Å². The van der Waals surface area contributed by atoms with Gasteiger partial charge in [0.1, 0.15) is 5.52 Å². The zero-order valence-corrected chi connectivity index (χ0v) is 11.5. The van der Waals surface area contributed by atoms with Crippen LogP contribution in [0, 0.1) is 0 Å². The lowest BCUT2D eigenvalue weighted by molar-refractivity contribution is 0.0736. The molecule has 19 heavy (non-hydrogen) atoms. The Balaban J connectivity index is 0.00000133. The monoisotopic (exact) mass is 281 g/mol. The molecule has 1 fully saturated rings. The van der Waals surface area contributed by atoms with Crippen molar-refractivity contribution in [1.82, 2.24) is 25.2 Å². The first-order valence-electron chi connectivity index (χ1n) is 6.05. The molecule has 6 nitrogen and oxygen atoms in total. The van der Waals surface area contributed by atoms with E-state index in [1.165, 1.54) is 0 Å². The topological polar surface area (TPSA) is 63.1 Å². The van der Waals surface area contributed by atoms with Crippen molar-refractivity contribution in [3.05, 3.63) is 23.8 Å². The van der Waals surface area contributed by atoms with Crippen molar-refractivity contribution in [2.45, 2.75) is 0 Å². The zero-order valence-electron chi connectivity index (χ0n) is 10.7. The number of nitrogens with one attached hydrogen (secondary N) is 1. The summed E-state index contributed by atoms with van der Waals surface area (Å²) >= 11 is 0. The second-order valence-electron chi connectivity index (χ2n) is 4.46. The van der Waals surface area contributed by atoms with Crippen molar-refractivity contribution in [2.75, 3.05) is 26.2 Å². The van der Waals surface area contributed by atoms with Crippen molar-refractivity contribution in [1.29, 1.82) is 0 Å². The molecule has 1 N–H and O–H groups in total. The fourth-order valence-electron chi connectivity index (χ4n) is 2.22. The molecular formula is C12H16ClN5O. The fourth-order valence-corrected chi connectivity index (χ4v) is 2.22. The van der Waals surface area contributed by atoms with Gasteiger partial charge in [0.2, 0.25) is 0 Å². The molecule has 1 aliphatic heterocycles. The molecule has 0 unspecified atom stereocenters. The third kappa shape index (κ3) is 2.54. The normalized spacial score (nSPS) is 15.3. The molecule has 0 saturated carbocycles. The Hall–Kier alpha value is -1.66. The lowest BCUT2D eigenvalue weighted by Gasteiger charge is -2.27. The van der Waals surface area contributed by atoms with Gasteiger partial charge >= 0.3 is 0 Å². The van der Waals surface area contributed by atoms with Gasteiger partial charge in [0, 0.05) is 38.8 Å². The number of hydrogen-bond donors (Lipinski definition) is 1. The van der Waals surface area contributed by atoms with Gasteiger partial charge in [0.05, 0.1) is 5.52 Å². The number of piperazine rings is 1. The molecule has 0 spiro atoms. The quantitative estimate of drug-likeness (QED) is 0.824. The minimum absolute atomic E-state index is 0. The molecule has 0 bridgehead atoms. The predicted octanol–water partition coefficient (Wildman–Crippen LogP) is 0.435. The molecule has 1 aromatic carbocycles. The number of hydrogen-bond acceptors (Lipinski definition) is 4. The van der Waals surface area contributed by atoms with Gasteiger partial charge in [0.15, 0.2) is 0 Å². The van der Waals surface area contributed by atoms with Crippen molar-refractivity contribution in [2.24, 2.45) is 7.05 Å². The number of aryl methyl sites for hydroxylation is 1. The van der Waals surface area contributed by atoms with Gasteiger partial charge in [-0.3, -0.25) is 4.79 Å². The molecule has 3 rings (SSSR count). The summed E-state index contributed by atoms with van der Waals surface area (Å²) in [4.78, 5) is 14.2. The molecule has 0 aliphatic carbocycles. The van der Waals surface area contributed by atoms with E-state index in [1.54, 1.807) is 4.68 Å². The highest BCUT2D eigenvalue weighted by Crippen LogP contribution is 2.14. The van der Waals surface area contributed by atoms with E-state index in [0.29, 0.717) is 5.56 Å². The highest BCUT2D eigenvalue weighted by atomic mass is 35.5. The number of rotatable bonds is 1. The summed E-state index contributed by atoms with van der Waals surface area (Å²) in [6, 6.07) is 5.55. The minimum atomic E-state index is 0. The van der Waals surface area contributed by atoms with Gasteiger partial charge in [-0.15, -0.1) is 17.5 Å². The van der Waals surface area contributed by atoms with Gasteiger partial charge in [-0.1, -0.05) is 5.21 Å². The Kier molecular flexibility index (Phi) is 4.01. The summed E-state index contributed by atoms with van der Waals surface area (Å²) in [5, 5.41) is 11.2. The molecule has 1 aliphatic rings. The van der Waals surface area contributed by atoms with E-state index in [-0.39, 0.29) is 18.3 Å². The standard InChI is InChI=1S/C12H15N5O.ClH/c1-16-11-3-2-9(8-10(11)14-15-16)12(18)17-6-4-13-5-7-17;/h2-3,8,13H,4-7H2,1H3;1H. The Morgan fingerprint density at radius 1 is 1.32 bits per heavy atom. The summed E-state index contributed by atoms with van der Waals surface area (Å²) in [5.74, 6) is 0.0732. The number of benzene rings is 1. The summed E-state index contributed by atoms with van der Waals surface area (Å²) in [6.45, 7) is 3.24. The summed E-state index contributed by atoms with van der Waals surface area (Å²) in [7, 11) is 1.84. The average Bonchev–Trinajstić information content (AvgIpc) is 2.80. The maximum absolute atomic E-state index is 12.3. The number of carbonyl (C=O) groups excluding carboxylic acids is 1. The lowest BCUT2D eigenvalue weighted by atomic mass is 10.1. The maximum atomic E-state index is 12.3. The van der Waals surface area contributed by atoms with Gasteiger partial charge < -0.3 is 10.2 Å². The van der Waals surface area contributed by atoms with Crippen LogP contribution in [0.4, 0.5) is 0 Å². The average molecular weight is 282 g/mol. The molecule has 0 atom stereocenters. The second kappa shape index (κ2) is 5.54. The van der Waals surface area contributed by atoms with Gasteiger partial charge in [-0.25, -0.2) is 4.68 Å². The van der Waals surface area contributed by atoms with Gasteiger partial charge in [0.25, 0.3) is 5.91 Å². The van der Waals surface area contributed by atoms with Crippen molar-refractivity contribution in [3.63, 3.8) is 0 Å². The minimum Gasteiger partial charge on any atom is -0.336 e. The summed E-state index contributed by atoms with van der Waals surface area (Å²) in [5.41, 5.74) is 2.38. The van der Waals surface area contributed by atoms with Gasteiger partial charge in [-0.05, 0) is 18.2 Å². The molecule has 1 amide bonds. The highest BCUT2D eigenvalue weighted by Gasteiger charge is 2.18. The Bertz CT molecular complexity index is 591.